The summed E-state index contributed by atoms with van der Waals surface area (Å²) in [5.41, 5.74) is 0.914. The maximum Gasteiger partial charge on any atom is 0.180 e. The van der Waals surface area contributed by atoms with E-state index in [2.05, 4.69) is 9.97 Å². The molecular weight excluding hydrogens is 298 g/mol. The predicted octanol–water partition coefficient (Wildman–Crippen LogP) is 2.42. The monoisotopic (exact) mass is 313 g/mol. The Bertz CT molecular complexity index is 843. The molecule has 112 valence electrons. The average Bonchev–Trinajstić information content (AvgIpc) is 3.03. The highest BCUT2D eigenvalue weighted by molar-refractivity contribution is 7.91. The van der Waals surface area contributed by atoms with E-state index >= 15 is 0 Å². The summed E-state index contributed by atoms with van der Waals surface area (Å²) in [5, 5.41) is 0. The molecule has 0 atom stereocenters. The van der Waals surface area contributed by atoms with E-state index in [1.807, 2.05) is 16.7 Å². The summed E-state index contributed by atoms with van der Waals surface area (Å²) in [6, 6.07) is 12.2. The van der Waals surface area contributed by atoms with Gasteiger partial charge < -0.3 is 4.57 Å². The normalized spacial score (nSPS) is 11.5. The minimum absolute atomic E-state index is 0.0332. The van der Waals surface area contributed by atoms with Crippen molar-refractivity contribution >= 4 is 9.84 Å². The van der Waals surface area contributed by atoms with Crippen LogP contribution in [0, 0.1) is 0 Å². The zero-order chi connectivity index (χ0) is 15.4. The summed E-state index contributed by atoms with van der Waals surface area (Å²) in [5.74, 6) is 0.775. The van der Waals surface area contributed by atoms with E-state index in [0.29, 0.717) is 11.4 Å². The van der Waals surface area contributed by atoms with Crippen molar-refractivity contribution in [2.75, 3.05) is 5.75 Å². The molecule has 0 saturated carbocycles. The highest BCUT2D eigenvalue weighted by Gasteiger charge is 2.15. The van der Waals surface area contributed by atoms with Gasteiger partial charge in [0.2, 0.25) is 0 Å². The van der Waals surface area contributed by atoms with Crippen LogP contribution in [0.3, 0.4) is 0 Å². The van der Waals surface area contributed by atoms with Crippen LogP contribution in [0.5, 0.6) is 0 Å². The molecule has 2 aromatic heterocycles. The Labute approximate surface area is 129 Å². The van der Waals surface area contributed by atoms with Crippen molar-refractivity contribution in [1.29, 1.82) is 0 Å². The Balaban J connectivity index is 1.80. The molecular formula is C16H15N3O2S. The molecule has 3 aromatic rings. The van der Waals surface area contributed by atoms with Crippen molar-refractivity contribution < 1.29 is 8.42 Å². The number of aromatic nitrogens is 3. The second kappa shape index (κ2) is 6.11. The first kappa shape index (κ1) is 14.5. The van der Waals surface area contributed by atoms with Gasteiger partial charge in [0.1, 0.15) is 5.82 Å². The van der Waals surface area contributed by atoms with E-state index < -0.39 is 9.84 Å². The quantitative estimate of drug-likeness (QED) is 0.725. The maximum atomic E-state index is 12.3. The topological polar surface area (TPSA) is 64.8 Å². The van der Waals surface area contributed by atoms with Crippen molar-refractivity contribution in [1.82, 2.24) is 14.5 Å². The molecule has 0 N–H and O–H groups in total. The van der Waals surface area contributed by atoms with Crippen molar-refractivity contribution in [3.63, 3.8) is 0 Å². The third kappa shape index (κ3) is 3.07. The number of benzene rings is 1. The van der Waals surface area contributed by atoms with Crippen LogP contribution in [-0.2, 0) is 16.4 Å². The van der Waals surface area contributed by atoms with Gasteiger partial charge >= 0.3 is 0 Å². The number of aryl methyl sites for hydroxylation is 1. The molecule has 3 rings (SSSR count). The lowest BCUT2D eigenvalue weighted by Crippen LogP contribution is -2.13. The number of hydrogen-bond acceptors (Lipinski definition) is 4. The molecule has 0 radical (unpaired) electrons. The number of sulfone groups is 1. The van der Waals surface area contributed by atoms with E-state index in [4.69, 9.17) is 0 Å². The summed E-state index contributed by atoms with van der Waals surface area (Å²) >= 11 is 0. The Morgan fingerprint density at radius 2 is 1.68 bits per heavy atom. The van der Waals surface area contributed by atoms with Crippen LogP contribution >= 0.6 is 0 Å². The number of nitrogens with zero attached hydrogens (tertiary/aromatic N) is 3. The molecule has 0 aliphatic heterocycles. The third-order valence-electron chi connectivity index (χ3n) is 3.36. The molecule has 0 bridgehead atoms. The standard InChI is InChI=1S/C16H15N3O2S/c20-22(21,15-4-2-1-3-5-15)13-12-19-11-10-18-16(19)14-6-8-17-9-7-14/h1-11H,12-13H2. The number of imidazole rings is 1. The van der Waals surface area contributed by atoms with Crippen LogP contribution in [0.4, 0.5) is 0 Å². The van der Waals surface area contributed by atoms with Crippen molar-refractivity contribution in [3.8, 4) is 11.4 Å². The molecule has 0 aliphatic carbocycles. The smallest absolute Gasteiger partial charge is 0.180 e. The second-order valence-corrected chi connectivity index (χ2v) is 6.92. The zero-order valence-corrected chi connectivity index (χ0v) is 12.6. The van der Waals surface area contributed by atoms with E-state index in [1.54, 1.807) is 55.1 Å². The Morgan fingerprint density at radius 1 is 0.955 bits per heavy atom. The van der Waals surface area contributed by atoms with Crippen LogP contribution in [0.2, 0.25) is 0 Å². The molecule has 0 saturated heterocycles. The molecule has 0 unspecified atom stereocenters. The van der Waals surface area contributed by atoms with Crippen LogP contribution in [0.1, 0.15) is 0 Å². The van der Waals surface area contributed by atoms with Gasteiger partial charge in [-0.15, -0.1) is 0 Å². The molecule has 0 fully saturated rings. The van der Waals surface area contributed by atoms with Gasteiger partial charge in [0.05, 0.1) is 10.6 Å². The first-order valence-electron chi connectivity index (χ1n) is 6.86. The fourth-order valence-electron chi connectivity index (χ4n) is 2.22. The molecule has 2 heterocycles. The molecule has 5 nitrogen and oxygen atoms in total. The highest BCUT2D eigenvalue weighted by atomic mass is 32.2. The Kier molecular flexibility index (Phi) is 4.02. The second-order valence-electron chi connectivity index (χ2n) is 4.81. The highest BCUT2D eigenvalue weighted by Crippen LogP contribution is 2.17. The summed E-state index contributed by atoms with van der Waals surface area (Å²) < 4.78 is 26.5. The summed E-state index contributed by atoms with van der Waals surface area (Å²) in [4.78, 5) is 8.62. The van der Waals surface area contributed by atoms with Gasteiger partial charge in [0.25, 0.3) is 0 Å². The zero-order valence-electron chi connectivity index (χ0n) is 11.8. The largest absolute Gasteiger partial charge is 0.330 e. The van der Waals surface area contributed by atoms with Gasteiger partial charge in [0.15, 0.2) is 9.84 Å². The molecule has 0 aliphatic rings. The Hall–Kier alpha value is -2.47. The van der Waals surface area contributed by atoms with Crippen molar-refractivity contribution in [2.45, 2.75) is 11.4 Å². The third-order valence-corrected chi connectivity index (χ3v) is 5.07. The van der Waals surface area contributed by atoms with E-state index in [0.717, 1.165) is 11.4 Å². The lowest BCUT2D eigenvalue weighted by Gasteiger charge is -2.08. The number of hydrogen-bond donors (Lipinski definition) is 0. The van der Waals surface area contributed by atoms with Gasteiger partial charge in [-0.25, -0.2) is 13.4 Å². The van der Waals surface area contributed by atoms with Gasteiger partial charge in [-0.05, 0) is 24.3 Å². The minimum atomic E-state index is -3.30. The average molecular weight is 313 g/mol. The molecule has 22 heavy (non-hydrogen) atoms. The molecule has 1 aromatic carbocycles. The van der Waals surface area contributed by atoms with Crippen LogP contribution < -0.4 is 0 Å². The Morgan fingerprint density at radius 3 is 2.41 bits per heavy atom. The summed E-state index contributed by atoms with van der Waals surface area (Å²) in [6.45, 7) is 0.356. The maximum absolute atomic E-state index is 12.3. The van der Waals surface area contributed by atoms with E-state index in [9.17, 15) is 8.42 Å². The lowest BCUT2D eigenvalue weighted by atomic mass is 10.2. The van der Waals surface area contributed by atoms with Crippen LogP contribution in [0.15, 0.2) is 72.1 Å². The summed E-state index contributed by atoms with van der Waals surface area (Å²) in [7, 11) is -3.30. The molecule has 0 amide bonds. The van der Waals surface area contributed by atoms with Gasteiger partial charge in [0, 0.05) is 36.9 Å². The first-order valence-corrected chi connectivity index (χ1v) is 8.51. The van der Waals surface area contributed by atoms with Crippen molar-refractivity contribution in [3.05, 3.63) is 67.3 Å². The fourth-order valence-corrected chi connectivity index (χ4v) is 3.46. The number of rotatable bonds is 5. The van der Waals surface area contributed by atoms with E-state index in [1.165, 1.54) is 0 Å². The molecule has 0 spiro atoms. The predicted molar refractivity (Wildman–Crippen MR) is 84.0 cm³/mol. The first-order chi connectivity index (χ1) is 10.7. The van der Waals surface area contributed by atoms with Gasteiger partial charge in [-0.1, -0.05) is 18.2 Å². The van der Waals surface area contributed by atoms with Crippen molar-refractivity contribution in [2.24, 2.45) is 0 Å². The van der Waals surface area contributed by atoms with E-state index in [-0.39, 0.29) is 5.75 Å². The summed E-state index contributed by atoms with van der Waals surface area (Å²) in [6.07, 6.45) is 6.84. The van der Waals surface area contributed by atoms with Crippen LogP contribution in [0.25, 0.3) is 11.4 Å². The minimum Gasteiger partial charge on any atom is -0.330 e. The van der Waals surface area contributed by atoms with Crippen LogP contribution in [-0.4, -0.2) is 28.7 Å². The number of pyridine rings is 1. The fraction of sp³-hybridized carbons (Fsp3) is 0.125. The molecule has 6 heteroatoms. The van der Waals surface area contributed by atoms with Gasteiger partial charge in [-0.2, -0.15) is 0 Å². The SMILES string of the molecule is O=S(=O)(CCn1ccnc1-c1ccncc1)c1ccccc1. The van der Waals surface area contributed by atoms with Gasteiger partial charge in [-0.3, -0.25) is 4.98 Å². The lowest BCUT2D eigenvalue weighted by molar-refractivity contribution is 0.589.